The van der Waals surface area contributed by atoms with Gasteiger partial charge in [0.15, 0.2) is 0 Å². The lowest BCUT2D eigenvalue weighted by molar-refractivity contribution is 0.0322. The Bertz CT molecular complexity index is 629. The van der Waals surface area contributed by atoms with Crippen molar-refractivity contribution in [1.29, 1.82) is 0 Å². The first-order valence-corrected chi connectivity index (χ1v) is 9.46. The number of hydrogen-bond acceptors (Lipinski definition) is 3. The fraction of sp³-hybridized carbons (Fsp3) is 0.619. The van der Waals surface area contributed by atoms with Gasteiger partial charge in [-0.25, -0.2) is 0 Å². The Kier molecular flexibility index (Phi) is 4.17. The van der Waals surface area contributed by atoms with Crippen molar-refractivity contribution in [2.75, 3.05) is 19.6 Å². The fourth-order valence-electron chi connectivity index (χ4n) is 4.81. The lowest BCUT2D eigenvalue weighted by atomic mass is 9.71. The zero-order valence-corrected chi connectivity index (χ0v) is 15.1. The highest BCUT2D eigenvalue weighted by molar-refractivity contribution is 5.65. The topological polar surface area (TPSA) is 33.3 Å². The summed E-state index contributed by atoms with van der Waals surface area (Å²) in [6, 6.07) is 9.27. The van der Waals surface area contributed by atoms with Crippen LogP contribution in [0, 0.1) is 11.8 Å². The molecule has 0 aromatic heterocycles. The molecule has 1 aliphatic carbocycles. The lowest BCUT2D eigenvalue weighted by Gasteiger charge is -2.45. The van der Waals surface area contributed by atoms with Crippen LogP contribution in [0.2, 0.25) is 0 Å². The molecule has 0 radical (unpaired) electrons. The molecule has 0 spiro atoms. The maximum atomic E-state index is 6.43. The molecule has 4 atom stereocenters. The summed E-state index contributed by atoms with van der Waals surface area (Å²) < 4.78 is 6.43. The van der Waals surface area contributed by atoms with Crippen molar-refractivity contribution in [1.82, 2.24) is 10.6 Å². The molecule has 4 rings (SSSR count). The Morgan fingerprint density at radius 1 is 1.08 bits per heavy atom. The molecule has 4 unspecified atom stereocenters. The Morgan fingerprint density at radius 2 is 1.88 bits per heavy atom. The second-order valence-electron chi connectivity index (χ2n) is 8.55. The van der Waals surface area contributed by atoms with Crippen molar-refractivity contribution in [2.45, 2.75) is 51.2 Å². The first-order chi connectivity index (χ1) is 11.5. The van der Waals surface area contributed by atoms with Crippen molar-refractivity contribution < 1.29 is 4.74 Å². The van der Waals surface area contributed by atoms with Gasteiger partial charge in [-0.15, -0.1) is 0 Å². The number of rotatable bonds is 2. The zero-order chi connectivity index (χ0) is 16.7. The number of benzene rings is 1. The monoisotopic (exact) mass is 326 g/mol. The number of fused-ring (bicyclic) bond motifs is 2. The lowest BCUT2D eigenvalue weighted by Crippen LogP contribution is -2.55. The van der Waals surface area contributed by atoms with E-state index >= 15 is 0 Å². The summed E-state index contributed by atoms with van der Waals surface area (Å²) in [7, 11) is 0. The largest absolute Gasteiger partial charge is 0.492 e. The number of piperidine rings is 2. The van der Waals surface area contributed by atoms with E-state index in [0.717, 1.165) is 24.8 Å². The Morgan fingerprint density at radius 3 is 2.71 bits per heavy atom. The van der Waals surface area contributed by atoms with Gasteiger partial charge in [0.05, 0.1) is 5.92 Å². The van der Waals surface area contributed by atoms with Gasteiger partial charge in [0, 0.05) is 6.04 Å². The van der Waals surface area contributed by atoms with Crippen LogP contribution in [0.3, 0.4) is 0 Å². The van der Waals surface area contributed by atoms with Crippen LogP contribution in [0.1, 0.15) is 50.7 Å². The van der Waals surface area contributed by atoms with Crippen molar-refractivity contribution in [3.63, 3.8) is 0 Å². The number of ether oxygens (including phenoxy) is 1. The summed E-state index contributed by atoms with van der Waals surface area (Å²) in [5, 5.41) is 7.48. The molecule has 2 heterocycles. The molecule has 0 bridgehead atoms. The Labute approximate surface area is 145 Å². The molecule has 3 heteroatoms. The Balaban J connectivity index is 1.69. The summed E-state index contributed by atoms with van der Waals surface area (Å²) in [5.41, 5.74) is 2.60. The van der Waals surface area contributed by atoms with Gasteiger partial charge in [-0.2, -0.15) is 0 Å². The average Bonchev–Trinajstić information content (AvgIpc) is 2.90. The van der Waals surface area contributed by atoms with Gasteiger partial charge in [-0.1, -0.05) is 24.3 Å². The highest BCUT2D eigenvalue weighted by atomic mass is 16.5. The van der Waals surface area contributed by atoms with Crippen LogP contribution >= 0.6 is 0 Å². The normalized spacial score (nSPS) is 32.7. The van der Waals surface area contributed by atoms with Crippen LogP contribution in [-0.4, -0.2) is 31.3 Å². The van der Waals surface area contributed by atoms with Crippen molar-refractivity contribution in [3.8, 4) is 0 Å². The van der Waals surface area contributed by atoms with Gasteiger partial charge in [-0.05, 0) is 82.3 Å². The second-order valence-corrected chi connectivity index (χ2v) is 8.55. The van der Waals surface area contributed by atoms with E-state index in [0.29, 0.717) is 17.9 Å². The predicted molar refractivity (Wildman–Crippen MR) is 98.9 cm³/mol. The second kappa shape index (κ2) is 6.20. The molecule has 130 valence electrons. The molecule has 1 aromatic carbocycles. The highest BCUT2D eigenvalue weighted by Gasteiger charge is 2.43. The first kappa shape index (κ1) is 16.2. The third-order valence-electron chi connectivity index (χ3n) is 5.75. The van der Waals surface area contributed by atoms with Gasteiger partial charge in [0.1, 0.15) is 11.4 Å². The third-order valence-corrected chi connectivity index (χ3v) is 5.75. The minimum Gasteiger partial charge on any atom is -0.492 e. The van der Waals surface area contributed by atoms with Gasteiger partial charge >= 0.3 is 0 Å². The van der Waals surface area contributed by atoms with Gasteiger partial charge in [0.25, 0.3) is 0 Å². The van der Waals surface area contributed by atoms with E-state index in [1.54, 1.807) is 0 Å². The van der Waals surface area contributed by atoms with Crippen LogP contribution in [0.15, 0.2) is 30.0 Å². The average molecular weight is 326 g/mol. The molecule has 2 N–H and O–H groups in total. The van der Waals surface area contributed by atoms with Crippen molar-refractivity contribution in [2.24, 2.45) is 11.8 Å². The molecule has 0 saturated carbocycles. The number of hydrogen-bond donors (Lipinski definition) is 2. The minimum absolute atomic E-state index is 0.162. The molecular weight excluding hydrogens is 296 g/mol. The fourth-order valence-corrected chi connectivity index (χ4v) is 4.81. The van der Waals surface area contributed by atoms with Crippen molar-refractivity contribution in [3.05, 3.63) is 41.2 Å². The summed E-state index contributed by atoms with van der Waals surface area (Å²) in [5.74, 6) is 3.03. The quantitative estimate of drug-likeness (QED) is 0.872. The van der Waals surface area contributed by atoms with E-state index in [1.807, 2.05) is 0 Å². The zero-order valence-electron chi connectivity index (χ0n) is 15.1. The van der Waals surface area contributed by atoms with E-state index in [4.69, 9.17) is 4.74 Å². The molecule has 2 fully saturated rings. The molecule has 2 aliphatic heterocycles. The summed E-state index contributed by atoms with van der Waals surface area (Å²) in [6.07, 6.45) is 4.90. The van der Waals surface area contributed by atoms with Crippen LogP contribution in [0.25, 0.3) is 6.08 Å². The SMILES string of the molecule is CC(C)(C)OC1=Cc2ccccc2C1C1NCCC2CCNCC21. The summed E-state index contributed by atoms with van der Waals surface area (Å²) in [4.78, 5) is 0. The van der Waals surface area contributed by atoms with E-state index in [2.05, 4.69) is 61.7 Å². The van der Waals surface area contributed by atoms with E-state index in [1.165, 1.54) is 30.5 Å². The molecule has 24 heavy (non-hydrogen) atoms. The molecule has 1 aromatic rings. The van der Waals surface area contributed by atoms with Crippen LogP contribution in [0.5, 0.6) is 0 Å². The van der Waals surface area contributed by atoms with Gasteiger partial charge < -0.3 is 15.4 Å². The van der Waals surface area contributed by atoms with Crippen LogP contribution in [-0.2, 0) is 4.74 Å². The molecule has 3 aliphatic rings. The third kappa shape index (κ3) is 3.00. The maximum absolute atomic E-state index is 6.43. The highest BCUT2D eigenvalue weighted by Crippen LogP contribution is 2.45. The first-order valence-electron chi connectivity index (χ1n) is 9.46. The van der Waals surface area contributed by atoms with E-state index in [-0.39, 0.29) is 5.60 Å². The standard InChI is InChI=1S/C21H30N2O/c1-21(2,3)24-18-12-15-6-4-5-7-16(15)19(18)20-17-13-22-10-8-14(17)9-11-23-20/h4-7,12,14,17,19-20,22-23H,8-11,13H2,1-3H3. The minimum atomic E-state index is -0.162. The van der Waals surface area contributed by atoms with Crippen molar-refractivity contribution >= 4 is 6.08 Å². The number of nitrogens with one attached hydrogen (secondary N) is 2. The van der Waals surface area contributed by atoms with Crippen LogP contribution in [0.4, 0.5) is 0 Å². The summed E-state index contributed by atoms with van der Waals surface area (Å²) in [6.45, 7) is 9.88. The molecule has 3 nitrogen and oxygen atoms in total. The smallest absolute Gasteiger partial charge is 0.106 e. The summed E-state index contributed by atoms with van der Waals surface area (Å²) >= 11 is 0. The van der Waals surface area contributed by atoms with Gasteiger partial charge in [0.2, 0.25) is 0 Å². The van der Waals surface area contributed by atoms with Gasteiger partial charge in [-0.3, -0.25) is 0 Å². The van der Waals surface area contributed by atoms with E-state index in [9.17, 15) is 0 Å². The molecule has 2 saturated heterocycles. The molecular formula is C21H30N2O. The predicted octanol–water partition coefficient (Wildman–Crippen LogP) is 3.53. The molecule has 0 amide bonds. The Hall–Kier alpha value is -1.32. The van der Waals surface area contributed by atoms with E-state index < -0.39 is 0 Å². The van der Waals surface area contributed by atoms with Crippen LogP contribution < -0.4 is 10.6 Å². The maximum Gasteiger partial charge on any atom is 0.106 e.